The van der Waals surface area contributed by atoms with Crippen molar-refractivity contribution in [3.63, 3.8) is 0 Å². The average molecular weight is 341 g/mol. The number of hydrogen-bond acceptors (Lipinski definition) is 3. The van der Waals surface area contributed by atoms with E-state index in [0.717, 1.165) is 18.4 Å². The number of aliphatic hydroxyl groups is 1. The summed E-state index contributed by atoms with van der Waals surface area (Å²) in [5.41, 5.74) is 0.379. The minimum Gasteiger partial charge on any atom is -0.394 e. The van der Waals surface area contributed by atoms with Gasteiger partial charge in [-0.2, -0.15) is 0 Å². The van der Waals surface area contributed by atoms with Crippen LogP contribution in [0.3, 0.4) is 0 Å². The Hall–Kier alpha value is -1.30. The molecule has 0 heterocycles. The maximum atomic E-state index is 12.3. The standard InChI is InChI=1S/C17H25ClN2O3/c1-11(15(23-3)12-4-8-14(18)9-5-12)19-16(22)20-17(2,10-21)13-6-7-13/h4-5,8-9,11,13,15,21H,6-7,10H2,1-3H3,(H2,19,20,22). The molecule has 1 saturated carbocycles. The third-order valence-corrected chi connectivity index (χ3v) is 4.72. The molecule has 3 N–H and O–H groups in total. The Morgan fingerprint density at radius 2 is 2.04 bits per heavy atom. The molecule has 23 heavy (non-hydrogen) atoms. The number of carbonyl (C=O) groups excluding carboxylic acids is 1. The van der Waals surface area contributed by atoms with Gasteiger partial charge < -0.3 is 20.5 Å². The Morgan fingerprint density at radius 3 is 2.52 bits per heavy atom. The van der Waals surface area contributed by atoms with Crippen LogP contribution in [0.25, 0.3) is 0 Å². The van der Waals surface area contributed by atoms with Crippen LogP contribution in [-0.4, -0.2) is 36.4 Å². The first-order valence-corrected chi connectivity index (χ1v) is 8.25. The molecule has 1 aliphatic rings. The zero-order chi connectivity index (χ0) is 17.0. The lowest BCUT2D eigenvalue weighted by Crippen LogP contribution is -2.56. The van der Waals surface area contributed by atoms with Crippen molar-refractivity contribution in [1.82, 2.24) is 10.6 Å². The van der Waals surface area contributed by atoms with Crippen LogP contribution < -0.4 is 10.6 Å². The summed E-state index contributed by atoms with van der Waals surface area (Å²) in [5.74, 6) is 0.350. The summed E-state index contributed by atoms with van der Waals surface area (Å²) in [7, 11) is 1.61. The topological polar surface area (TPSA) is 70.6 Å². The minimum absolute atomic E-state index is 0.0651. The number of carbonyl (C=O) groups is 1. The van der Waals surface area contributed by atoms with Gasteiger partial charge in [0.25, 0.3) is 0 Å². The van der Waals surface area contributed by atoms with Gasteiger partial charge in [-0.15, -0.1) is 0 Å². The molecule has 3 unspecified atom stereocenters. The fourth-order valence-electron chi connectivity index (χ4n) is 2.85. The first-order valence-electron chi connectivity index (χ1n) is 7.87. The second-order valence-electron chi connectivity index (χ2n) is 6.44. The minimum atomic E-state index is -0.563. The lowest BCUT2D eigenvalue weighted by Gasteiger charge is -2.31. The number of ether oxygens (including phenoxy) is 1. The highest BCUT2D eigenvalue weighted by Crippen LogP contribution is 2.39. The number of rotatable bonds is 7. The van der Waals surface area contributed by atoms with Gasteiger partial charge in [0.05, 0.1) is 18.2 Å². The molecule has 2 rings (SSSR count). The molecule has 0 aromatic heterocycles. The Morgan fingerprint density at radius 1 is 1.43 bits per heavy atom. The summed E-state index contributed by atoms with van der Waals surface area (Å²) in [6, 6.07) is 6.83. The molecular weight excluding hydrogens is 316 g/mol. The largest absolute Gasteiger partial charge is 0.394 e. The highest BCUT2D eigenvalue weighted by Gasteiger charge is 2.42. The van der Waals surface area contributed by atoms with Crippen molar-refractivity contribution in [2.45, 2.75) is 44.4 Å². The first-order chi connectivity index (χ1) is 10.9. The fraction of sp³-hybridized carbons (Fsp3) is 0.588. The van der Waals surface area contributed by atoms with E-state index in [4.69, 9.17) is 16.3 Å². The number of urea groups is 1. The van der Waals surface area contributed by atoms with Gasteiger partial charge in [-0.1, -0.05) is 23.7 Å². The van der Waals surface area contributed by atoms with E-state index in [-0.39, 0.29) is 24.8 Å². The zero-order valence-corrected chi connectivity index (χ0v) is 14.6. The molecule has 1 fully saturated rings. The summed E-state index contributed by atoms with van der Waals surface area (Å²) < 4.78 is 5.52. The molecule has 1 aromatic carbocycles. The Labute approximate surface area is 142 Å². The van der Waals surface area contributed by atoms with Crippen molar-refractivity contribution in [2.75, 3.05) is 13.7 Å². The molecule has 6 heteroatoms. The maximum absolute atomic E-state index is 12.3. The number of nitrogens with one attached hydrogen (secondary N) is 2. The van der Waals surface area contributed by atoms with Crippen molar-refractivity contribution < 1.29 is 14.6 Å². The van der Waals surface area contributed by atoms with Gasteiger partial charge >= 0.3 is 6.03 Å². The van der Waals surface area contributed by atoms with Crippen LogP contribution in [0.2, 0.25) is 5.02 Å². The normalized spacial score (nSPS) is 19.5. The lowest BCUT2D eigenvalue weighted by atomic mass is 9.97. The summed E-state index contributed by atoms with van der Waals surface area (Å²) >= 11 is 5.90. The van der Waals surface area contributed by atoms with E-state index < -0.39 is 5.54 Å². The number of amides is 2. The van der Waals surface area contributed by atoms with E-state index in [2.05, 4.69) is 10.6 Å². The third-order valence-electron chi connectivity index (χ3n) is 4.47. The Balaban J connectivity index is 1.97. The highest BCUT2D eigenvalue weighted by molar-refractivity contribution is 6.30. The van der Waals surface area contributed by atoms with Crippen LogP contribution >= 0.6 is 11.6 Å². The predicted molar refractivity (Wildman–Crippen MR) is 90.5 cm³/mol. The van der Waals surface area contributed by atoms with E-state index in [1.807, 2.05) is 26.0 Å². The van der Waals surface area contributed by atoms with Crippen LogP contribution in [0.5, 0.6) is 0 Å². The summed E-state index contributed by atoms with van der Waals surface area (Å²) in [6.45, 7) is 3.70. The Bertz CT molecular complexity index is 533. The molecule has 128 valence electrons. The van der Waals surface area contributed by atoms with E-state index in [1.54, 1.807) is 19.2 Å². The Kier molecular flexibility index (Phi) is 5.89. The third kappa shape index (κ3) is 4.59. The number of methoxy groups -OCH3 is 1. The molecule has 1 aliphatic carbocycles. The van der Waals surface area contributed by atoms with Gasteiger partial charge in [-0.05, 0) is 50.3 Å². The molecule has 2 amide bonds. The van der Waals surface area contributed by atoms with Crippen molar-refractivity contribution in [2.24, 2.45) is 5.92 Å². The zero-order valence-electron chi connectivity index (χ0n) is 13.8. The van der Waals surface area contributed by atoms with Crippen LogP contribution in [0.15, 0.2) is 24.3 Å². The van der Waals surface area contributed by atoms with Gasteiger partial charge in [0, 0.05) is 12.1 Å². The van der Waals surface area contributed by atoms with Gasteiger partial charge in [0.2, 0.25) is 0 Å². The van der Waals surface area contributed by atoms with Crippen LogP contribution in [0.1, 0.15) is 38.4 Å². The van der Waals surface area contributed by atoms with Crippen molar-refractivity contribution in [3.05, 3.63) is 34.9 Å². The monoisotopic (exact) mass is 340 g/mol. The van der Waals surface area contributed by atoms with Crippen molar-refractivity contribution in [3.8, 4) is 0 Å². The van der Waals surface area contributed by atoms with Crippen LogP contribution in [0.4, 0.5) is 4.79 Å². The van der Waals surface area contributed by atoms with Crippen LogP contribution in [0, 0.1) is 5.92 Å². The number of hydrogen-bond donors (Lipinski definition) is 3. The second kappa shape index (κ2) is 7.51. The predicted octanol–water partition coefficient (Wildman–Crippen LogP) is 2.88. The van der Waals surface area contributed by atoms with Crippen molar-refractivity contribution in [1.29, 1.82) is 0 Å². The smallest absolute Gasteiger partial charge is 0.315 e. The van der Waals surface area contributed by atoms with Gasteiger partial charge in [0.15, 0.2) is 0 Å². The molecule has 1 aromatic rings. The van der Waals surface area contributed by atoms with Gasteiger partial charge in [0.1, 0.15) is 6.10 Å². The molecule has 0 spiro atoms. The fourth-order valence-corrected chi connectivity index (χ4v) is 2.98. The SMILES string of the molecule is COC(c1ccc(Cl)cc1)C(C)NC(=O)NC(C)(CO)C1CC1. The van der Waals surface area contributed by atoms with E-state index >= 15 is 0 Å². The maximum Gasteiger partial charge on any atom is 0.315 e. The summed E-state index contributed by atoms with van der Waals surface area (Å²) in [4.78, 5) is 12.3. The number of aliphatic hydroxyl groups excluding tert-OH is 1. The number of benzene rings is 1. The summed E-state index contributed by atoms with van der Waals surface area (Å²) in [5, 5.41) is 16.0. The van der Waals surface area contributed by atoms with Crippen LogP contribution in [-0.2, 0) is 4.74 Å². The highest BCUT2D eigenvalue weighted by atomic mass is 35.5. The van der Waals surface area contributed by atoms with Crippen molar-refractivity contribution >= 4 is 17.6 Å². The average Bonchev–Trinajstić information content (AvgIpc) is 3.34. The van der Waals surface area contributed by atoms with Gasteiger partial charge in [-0.3, -0.25) is 0 Å². The molecule has 0 aliphatic heterocycles. The molecule has 0 saturated heterocycles. The molecule has 0 bridgehead atoms. The van der Waals surface area contributed by atoms with E-state index in [9.17, 15) is 9.90 Å². The first kappa shape index (κ1) is 18.0. The quantitative estimate of drug-likeness (QED) is 0.714. The van der Waals surface area contributed by atoms with Gasteiger partial charge in [-0.25, -0.2) is 4.79 Å². The van der Waals surface area contributed by atoms with E-state index in [0.29, 0.717) is 10.9 Å². The second-order valence-corrected chi connectivity index (χ2v) is 6.88. The summed E-state index contributed by atoms with van der Waals surface area (Å²) in [6.07, 6.45) is 1.80. The number of halogens is 1. The lowest BCUT2D eigenvalue weighted by molar-refractivity contribution is 0.0747. The van der Waals surface area contributed by atoms with E-state index in [1.165, 1.54) is 0 Å². The molecule has 5 nitrogen and oxygen atoms in total. The molecule has 3 atom stereocenters. The molecular formula is C17H25ClN2O3. The molecule has 0 radical (unpaired) electrons.